The van der Waals surface area contributed by atoms with E-state index in [-0.39, 0.29) is 5.41 Å². The van der Waals surface area contributed by atoms with Gasteiger partial charge >= 0.3 is 6.09 Å². The lowest BCUT2D eigenvalue weighted by atomic mass is 9.89. The van der Waals surface area contributed by atoms with Crippen molar-refractivity contribution in [3.05, 3.63) is 0 Å². The summed E-state index contributed by atoms with van der Waals surface area (Å²) in [5.74, 6) is 0. The molecule has 0 radical (unpaired) electrons. The van der Waals surface area contributed by atoms with Crippen LogP contribution in [0.2, 0.25) is 0 Å². The Morgan fingerprint density at radius 1 is 0.750 bits per heavy atom. The summed E-state index contributed by atoms with van der Waals surface area (Å²) in [4.78, 5) is 10.0. The van der Waals surface area contributed by atoms with Crippen LogP contribution < -0.4 is 22.9 Å². The molecule has 1 amide bonds. The van der Waals surface area contributed by atoms with Crippen molar-refractivity contribution in [2.24, 2.45) is 28.3 Å². The summed E-state index contributed by atoms with van der Waals surface area (Å²) in [6, 6.07) is 0. The SMILES string of the molecule is CC(C)(C)OC(N)=O.CCOCCOCCOCCOCC(CN)(CN)CN. The largest absolute Gasteiger partial charge is 0.444 e. The molecule has 0 aliphatic rings. The van der Waals surface area contributed by atoms with E-state index in [0.29, 0.717) is 72.5 Å². The Morgan fingerprint density at radius 3 is 1.43 bits per heavy atom. The van der Waals surface area contributed by atoms with Gasteiger partial charge < -0.3 is 46.6 Å². The number of amides is 1. The summed E-state index contributed by atoms with van der Waals surface area (Å²) in [6.07, 6.45) is -0.725. The standard InChI is InChI=1S/C13H31N3O4.C5H11NO2/c1-2-17-3-4-18-5-6-19-7-8-20-12-13(9-14,10-15)11-16;1-5(2,3)8-4(6)7/h2-12,14-16H2,1H3;1-3H3,(H2,6,7). The first-order valence-corrected chi connectivity index (χ1v) is 9.56. The molecule has 0 aromatic heterocycles. The van der Waals surface area contributed by atoms with Gasteiger partial charge in [-0.25, -0.2) is 4.79 Å². The lowest BCUT2D eigenvalue weighted by Gasteiger charge is -2.28. The minimum Gasteiger partial charge on any atom is -0.444 e. The fourth-order valence-corrected chi connectivity index (χ4v) is 1.72. The molecule has 0 bridgehead atoms. The summed E-state index contributed by atoms with van der Waals surface area (Å²) in [6.45, 7) is 13.0. The van der Waals surface area contributed by atoms with E-state index in [1.807, 2.05) is 6.92 Å². The average molecular weight is 411 g/mol. The van der Waals surface area contributed by atoms with E-state index in [2.05, 4.69) is 4.74 Å². The van der Waals surface area contributed by atoms with Gasteiger partial charge in [-0.1, -0.05) is 0 Å². The highest BCUT2D eigenvalue weighted by molar-refractivity contribution is 5.65. The summed E-state index contributed by atoms with van der Waals surface area (Å²) >= 11 is 0. The average Bonchev–Trinajstić information content (AvgIpc) is 2.62. The van der Waals surface area contributed by atoms with E-state index in [4.69, 9.17) is 41.9 Å². The molecule has 10 nitrogen and oxygen atoms in total. The van der Waals surface area contributed by atoms with Crippen molar-refractivity contribution in [2.45, 2.75) is 33.3 Å². The number of carbonyl (C=O) groups excluding carboxylic acids is 1. The van der Waals surface area contributed by atoms with E-state index >= 15 is 0 Å². The van der Waals surface area contributed by atoms with Gasteiger partial charge in [-0.05, 0) is 27.7 Å². The van der Waals surface area contributed by atoms with Crippen LogP contribution in [-0.4, -0.2) is 84.2 Å². The summed E-state index contributed by atoms with van der Waals surface area (Å²) in [5.41, 5.74) is 20.9. The van der Waals surface area contributed by atoms with Gasteiger partial charge in [0.05, 0.1) is 46.2 Å². The van der Waals surface area contributed by atoms with Gasteiger partial charge in [0.25, 0.3) is 0 Å². The number of rotatable bonds is 15. The zero-order valence-corrected chi connectivity index (χ0v) is 18.0. The van der Waals surface area contributed by atoms with Crippen LogP contribution in [0, 0.1) is 5.41 Å². The number of hydrogen-bond donors (Lipinski definition) is 4. The predicted octanol–water partition coefficient (Wildman–Crippen LogP) is -0.185. The number of primary amides is 1. The van der Waals surface area contributed by atoms with Gasteiger partial charge in [-0.15, -0.1) is 0 Å². The molecule has 0 aromatic rings. The van der Waals surface area contributed by atoms with Crippen LogP contribution in [0.25, 0.3) is 0 Å². The smallest absolute Gasteiger partial charge is 0.405 e. The van der Waals surface area contributed by atoms with Crippen molar-refractivity contribution in [2.75, 3.05) is 72.5 Å². The summed E-state index contributed by atoms with van der Waals surface area (Å²) < 4.78 is 25.9. The second-order valence-electron chi connectivity index (χ2n) is 7.12. The van der Waals surface area contributed by atoms with Crippen LogP contribution in [0.1, 0.15) is 27.7 Å². The van der Waals surface area contributed by atoms with Crippen molar-refractivity contribution < 1.29 is 28.5 Å². The van der Waals surface area contributed by atoms with E-state index in [1.165, 1.54) is 0 Å². The maximum absolute atomic E-state index is 10.0. The molecular formula is C18H42N4O6. The maximum atomic E-state index is 10.0. The first-order valence-electron chi connectivity index (χ1n) is 9.56. The molecule has 0 unspecified atom stereocenters. The molecule has 170 valence electrons. The van der Waals surface area contributed by atoms with Crippen molar-refractivity contribution in [3.8, 4) is 0 Å². The van der Waals surface area contributed by atoms with Gasteiger partial charge in [0, 0.05) is 31.7 Å². The molecular weight excluding hydrogens is 368 g/mol. The summed E-state index contributed by atoms with van der Waals surface area (Å²) in [7, 11) is 0. The van der Waals surface area contributed by atoms with Gasteiger partial charge in [0.1, 0.15) is 5.60 Å². The quantitative estimate of drug-likeness (QED) is 0.267. The highest BCUT2D eigenvalue weighted by atomic mass is 16.6. The van der Waals surface area contributed by atoms with E-state index in [0.717, 1.165) is 0 Å². The fraction of sp³-hybridized carbons (Fsp3) is 0.944. The van der Waals surface area contributed by atoms with Gasteiger partial charge in [-0.3, -0.25) is 0 Å². The third kappa shape index (κ3) is 19.7. The highest BCUT2D eigenvalue weighted by Gasteiger charge is 2.25. The summed E-state index contributed by atoms with van der Waals surface area (Å²) in [5, 5.41) is 0. The predicted molar refractivity (Wildman–Crippen MR) is 109 cm³/mol. The molecule has 28 heavy (non-hydrogen) atoms. The molecule has 0 saturated carbocycles. The second-order valence-corrected chi connectivity index (χ2v) is 7.12. The van der Waals surface area contributed by atoms with Crippen LogP contribution in [0.4, 0.5) is 4.79 Å². The molecule has 0 fully saturated rings. The van der Waals surface area contributed by atoms with Crippen LogP contribution >= 0.6 is 0 Å². The third-order valence-electron chi connectivity index (χ3n) is 3.43. The normalized spacial score (nSPS) is 11.7. The Bertz CT molecular complexity index is 354. The molecule has 0 saturated heterocycles. The van der Waals surface area contributed by atoms with Gasteiger partial charge in [0.15, 0.2) is 0 Å². The zero-order chi connectivity index (χ0) is 21.9. The fourth-order valence-electron chi connectivity index (χ4n) is 1.72. The van der Waals surface area contributed by atoms with E-state index in [9.17, 15) is 4.79 Å². The van der Waals surface area contributed by atoms with Crippen LogP contribution in [-0.2, 0) is 23.7 Å². The van der Waals surface area contributed by atoms with Crippen LogP contribution in [0.5, 0.6) is 0 Å². The van der Waals surface area contributed by atoms with Gasteiger partial charge in [0.2, 0.25) is 0 Å². The van der Waals surface area contributed by atoms with E-state index < -0.39 is 11.7 Å². The lowest BCUT2D eigenvalue weighted by molar-refractivity contribution is -0.0132. The Kier molecular flexibility index (Phi) is 18.8. The maximum Gasteiger partial charge on any atom is 0.405 e. The first-order chi connectivity index (χ1) is 13.2. The van der Waals surface area contributed by atoms with Gasteiger partial charge in [-0.2, -0.15) is 0 Å². The van der Waals surface area contributed by atoms with Crippen LogP contribution in [0.3, 0.4) is 0 Å². The number of carbonyl (C=O) groups is 1. The molecule has 8 N–H and O–H groups in total. The molecule has 0 heterocycles. The molecule has 0 aliphatic heterocycles. The minimum atomic E-state index is -0.725. The lowest BCUT2D eigenvalue weighted by Crippen LogP contribution is -2.47. The number of hydrogen-bond acceptors (Lipinski definition) is 9. The van der Waals surface area contributed by atoms with Crippen molar-refractivity contribution in [3.63, 3.8) is 0 Å². The number of nitrogens with two attached hydrogens (primary N) is 4. The van der Waals surface area contributed by atoms with Crippen molar-refractivity contribution >= 4 is 6.09 Å². The number of ether oxygens (including phenoxy) is 5. The Hall–Kier alpha value is -1.01. The molecule has 0 rings (SSSR count). The molecule has 0 aliphatic carbocycles. The topological polar surface area (TPSA) is 167 Å². The monoisotopic (exact) mass is 410 g/mol. The molecule has 0 aromatic carbocycles. The molecule has 10 heteroatoms. The van der Waals surface area contributed by atoms with E-state index in [1.54, 1.807) is 20.8 Å². The second kappa shape index (κ2) is 18.0. The molecule has 0 spiro atoms. The zero-order valence-electron chi connectivity index (χ0n) is 18.0. The minimum absolute atomic E-state index is 0.317. The highest BCUT2D eigenvalue weighted by Crippen LogP contribution is 2.11. The Labute approximate surface area is 169 Å². The van der Waals surface area contributed by atoms with Crippen LogP contribution in [0.15, 0.2) is 0 Å². The Morgan fingerprint density at radius 2 is 1.14 bits per heavy atom. The molecule has 0 atom stereocenters. The third-order valence-corrected chi connectivity index (χ3v) is 3.43. The van der Waals surface area contributed by atoms with Crippen molar-refractivity contribution in [1.29, 1.82) is 0 Å². The van der Waals surface area contributed by atoms with Crippen molar-refractivity contribution in [1.82, 2.24) is 0 Å². The first kappa shape index (κ1) is 29.2. The Balaban J connectivity index is 0.